The second-order valence-electron chi connectivity index (χ2n) is 3.15. The first-order valence-corrected chi connectivity index (χ1v) is 5.05. The van der Waals surface area contributed by atoms with Gasteiger partial charge in [0.2, 0.25) is 0 Å². The molecule has 0 saturated carbocycles. The third kappa shape index (κ3) is 2.86. The van der Waals surface area contributed by atoms with E-state index in [0.717, 1.165) is 5.56 Å². The van der Waals surface area contributed by atoms with Crippen molar-refractivity contribution in [3.63, 3.8) is 0 Å². The summed E-state index contributed by atoms with van der Waals surface area (Å²) in [6, 6.07) is 9.68. The molecule has 0 bridgehead atoms. The van der Waals surface area contributed by atoms with Crippen LogP contribution < -0.4 is 0 Å². The lowest BCUT2D eigenvalue weighted by Crippen LogP contribution is -1.82. The summed E-state index contributed by atoms with van der Waals surface area (Å²) in [7, 11) is 0. The van der Waals surface area contributed by atoms with Crippen LogP contribution in [-0.4, -0.2) is 4.92 Å². The minimum Gasteiger partial charge on any atom is -0.392 e. The van der Waals surface area contributed by atoms with Gasteiger partial charge in [0.25, 0.3) is 0 Å². The molecule has 0 amide bonds. The quantitative estimate of drug-likeness (QED) is 0.442. The molecule has 0 radical (unpaired) electrons. The number of nitro groups is 1. The molecule has 4 nitrogen and oxygen atoms in total. The van der Waals surface area contributed by atoms with E-state index >= 15 is 0 Å². The van der Waals surface area contributed by atoms with Crippen molar-refractivity contribution in [1.82, 2.24) is 0 Å². The third-order valence-corrected chi connectivity index (χ3v) is 2.20. The summed E-state index contributed by atoms with van der Waals surface area (Å²) in [4.78, 5) is 9.77. The zero-order valence-electron chi connectivity index (χ0n) is 8.51. The van der Waals surface area contributed by atoms with Crippen molar-refractivity contribution < 1.29 is 9.34 Å². The van der Waals surface area contributed by atoms with E-state index in [1.165, 1.54) is 12.1 Å². The lowest BCUT2D eigenvalue weighted by atomic mass is 10.2. The molecule has 0 atom stereocenters. The molecule has 1 aromatic heterocycles. The van der Waals surface area contributed by atoms with E-state index in [1.807, 2.05) is 0 Å². The Balaban J connectivity index is 2.20. The molecule has 0 N–H and O–H groups in total. The van der Waals surface area contributed by atoms with Crippen molar-refractivity contribution in [3.05, 3.63) is 62.9 Å². The monoisotopic (exact) mass is 247 g/mol. The zero-order valence-corrected chi connectivity index (χ0v) is 9.27. The topological polar surface area (TPSA) is 56.3 Å². The number of nitrogens with zero attached hydrogens (tertiary/aromatic N) is 1. The molecular formula is C12H6ClNO3. The van der Waals surface area contributed by atoms with Crippen LogP contribution in [0, 0.1) is 22.0 Å². The van der Waals surface area contributed by atoms with E-state index in [1.54, 1.807) is 24.3 Å². The van der Waals surface area contributed by atoms with Crippen molar-refractivity contribution in [3.8, 4) is 11.8 Å². The molecule has 2 aromatic rings. The second kappa shape index (κ2) is 4.73. The number of hydrogen-bond acceptors (Lipinski definition) is 3. The van der Waals surface area contributed by atoms with Crippen LogP contribution in [0.25, 0.3) is 0 Å². The van der Waals surface area contributed by atoms with Crippen molar-refractivity contribution in [2.24, 2.45) is 0 Å². The van der Waals surface area contributed by atoms with Crippen LogP contribution in [0.1, 0.15) is 11.3 Å². The fourth-order valence-corrected chi connectivity index (χ4v) is 1.29. The SMILES string of the molecule is O=[N+]([O-])c1ccc(C#Cc2ccc(Cl)cc2)o1. The number of furan rings is 1. The molecule has 0 saturated heterocycles. The minimum atomic E-state index is -0.604. The van der Waals surface area contributed by atoms with Gasteiger partial charge >= 0.3 is 5.88 Å². The smallest absolute Gasteiger partial charge is 0.392 e. The molecular weight excluding hydrogens is 242 g/mol. The highest BCUT2D eigenvalue weighted by molar-refractivity contribution is 6.30. The average molecular weight is 248 g/mol. The summed E-state index contributed by atoms with van der Waals surface area (Å²) in [5, 5.41) is 11.0. The molecule has 0 spiro atoms. The number of hydrogen-bond donors (Lipinski definition) is 0. The standard InChI is InChI=1S/C12H6ClNO3/c13-10-4-1-9(2-5-10)3-6-11-7-8-12(17-11)14(15)16/h1-2,4-5,7-8H. The van der Waals surface area contributed by atoms with E-state index in [0.29, 0.717) is 5.02 Å². The Morgan fingerprint density at radius 3 is 2.41 bits per heavy atom. The number of rotatable bonds is 1. The predicted molar refractivity (Wildman–Crippen MR) is 62.8 cm³/mol. The van der Waals surface area contributed by atoms with Crippen molar-refractivity contribution in [2.45, 2.75) is 0 Å². The normalized spacial score (nSPS) is 9.47. The maximum Gasteiger partial charge on any atom is 0.434 e. The van der Waals surface area contributed by atoms with Gasteiger partial charge in [0.15, 0.2) is 5.76 Å². The van der Waals surface area contributed by atoms with Gasteiger partial charge in [-0.25, -0.2) is 0 Å². The summed E-state index contributed by atoms with van der Waals surface area (Å²) in [6.45, 7) is 0. The summed E-state index contributed by atoms with van der Waals surface area (Å²) in [5.41, 5.74) is 0.758. The van der Waals surface area contributed by atoms with E-state index in [4.69, 9.17) is 16.0 Å². The molecule has 1 aromatic carbocycles. The number of benzene rings is 1. The van der Waals surface area contributed by atoms with Crippen LogP contribution >= 0.6 is 11.6 Å². The first-order valence-electron chi connectivity index (χ1n) is 4.67. The Labute approximate surface area is 102 Å². The van der Waals surface area contributed by atoms with Crippen LogP contribution in [0.4, 0.5) is 5.88 Å². The highest BCUT2D eigenvalue weighted by Gasteiger charge is 2.09. The Hall–Kier alpha value is -2.25. The Kier molecular flexibility index (Phi) is 3.12. The van der Waals surface area contributed by atoms with Crippen LogP contribution in [0.15, 0.2) is 40.8 Å². The molecule has 0 aliphatic carbocycles. The Morgan fingerprint density at radius 1 is 1.12 bits per heavy atom. The highest BCUT2D eigenvalue weighted by Crippen LogP contribution is 2.14. The maximum absolute atomic E-state index is 10.4. The fraction of sp³-hybridized carbons (Fsp3) is 0. The van der Waals surface area contributed by atoms with Crippen LogP contribution in [0.3, 0.4) is 0 Å². The maximum atomic E-state index is 10.4. The summed E-state index contributed by atoms with van der Waals surface area (Å²) in [5.74, 6) is 5.45. The lowest BCUT2D eigenvalue weighted by Gasteiger charge is -1.89. The molecule has 17 heavy (non-hydrogen) atoms. The van der Waals surface area contributed by atoms with E-state index < -0.39 is 4.92 Å². The molecule has 1 heterocycles. The molecule has 2 rings (SSSR count). The molecule has 0 aliphatic rings. The Bertz CT molecular complexity index is 605. The first-order chi connectivity index (χ1) is 8.15. The average Bonchev–Trinajstić information content (AvgIpc) is 2.77. The van der Waals surface area contributed by atoms with Gasteiger partial charge in [-0.2, -0.15) is 0 Å². The fourth-order valence-electron chi connectivity index (χ4n) is 1.16. The third-order valence-electron chi connectivity index (χ3n) is 1.95. The predicted octanol–water partition coefficient (Wildman–Crippen LogP) is 3.24. The van der Waals surface area contributed by atoms with Gasteiger partial charge in [-0.15, -0.1) is 0 Å². The van der Waals surface area contributed by atoms with Crippen LogP contribution in [0.2, 0.25) is 5.02 Å². The number of halogens is 1. The molecule has 0 unspecified atom stereocenters. The molecule has 0 aliphatic heterocycles. The van der Waals surface area contributed by atoms with Gasteiger partial charge < -0.3 is 4.42 Å². The Morgan fingerprint density at radius 2 is 1.82 bits per heavy atom. The van der Waals surface area contributed by atoms with Crippen LogP contribution in [-0.2, 0) is 0 Å². The van der Waals surface area contributed by atoms with E-state index in [-0.39, 0.29) is 11.6 Å². The highest BCUT2D eigenvalue weighted by atomic mass is 35.5. The van der Waals surface area contributed by atoms with Crippen molar-refractivity contribution in [1.29, 1.82) is 0 Å². The molecule has 84 valence electrons. The van der Waals surface area contributed by atoms with Gasteiger partial charge in [0, 0.05) is 16.7 Å². The molecule has 5 heteroatoms. The summed E-state index contributed by atoms with van der Waals surface area (Å²) in [6.07, 6.45) is 0. The first kappa shape index (κ1) is 11.2. The second-order valence-corrected chi connectivity index (χ2v) is 3.59. The van der Waals surface area contributed by atoms with Gasteiger partial charge in [-0.1, -0.05) is 17.5 Å². The van der Waals surface area contributed by atoms with Crippen molar-refractivity contribution >= 4 is 17.5 Å². The lowest BCUT2D eigenvalue weighted by molar-refractivity contribution is -0.402. The molecule has 0 fully saturated rings. The minimum absolute atomic E-state index is 0.256. The van der Waals surface area contributed by atoms with Gasteiger partial charge in [-0.3, -0.25) is 10.1 Å². The van der Waals surface area contributed by atoms with Gasteiger partial charge in [0.05, 0.1) is 6.07 Å². The van der Waals surface area contributed by atoms with Gasteiger partial charge in [-0.05, 0) is 30.2 Å². The summed E-state index contributed by atoms with van der Waals surface area (Å²) >= 11 is 5.73. The largest absolute Gasteiger partial charge is 0.434 e. The van der Waals surface area contributed by atoms with Crippen molar-refractivity contribution in [2.75, 3.05) is 0 Å². The van der Waals surface area contributed by atoms with E-state index in [2.05, 4.69) is 11.8 Å². The van der Waals surface area contributed by atoms with Gasteiger partial charge in [0.1, 0.15) is 4.92 Å². The van der Waals surface area contributed by atoms with E-state index in [9.17, 15) is 10.1 Å². The summed E-state index contributed by atoms with van der Waals surface area (Å²) < 4.78 is 4.89. The zero-order chi connectivity index (χ0) is 12.3. The van der Waals surface area contributed by atoms with Crippen LogP contribution in [0.5, 0.6) is 0 Å².